The van der Waals surface area contributed by atoms with Crippen LogP contribution in [0.15, 0.2) is 0 Å². The van der Waals surface area contributed by atoms with E-state index in [2.05, 4.69) is 0 Å². The first kappa shape index (κ1) is 14.7. The van der Waals surface area contributed by atoms with E-state index in [1.807, 2.05) is 0 Å². The molecular formula is C11H22NO4P. The summed E-state index contributed by atoms with van der Waals surface area (Å²) in [6.07, 6.45) is 5.02. The molecule has 1 saturated carbocycles. The number of rotatable bonds is 6. The molecule has 0 spiro atoms. The fourth-order valence-corrected chi connectivity index (χ4v) is 3.43. The van der Waals surface area contributed by atoms with Gasteiger partial charge in [-0.3, -0.25) is 0 Å². The van der Waals surface area contributed by atoms with Crippen LogP contribution in [0.2, 0.25) is 0 Å². The van der Waals surface area contributed by atoms with Crippen molar-refractivity contribution >= 4 is 13.6 Å². The monoisotopic (exact) mass is 263 g/mol. The van der Waals surface area contributed by atoms with Crippen LogP contribution in [0.1, 0.15) is 46.0 Å². The maximum absolute atomic E-state index is 12.1. The second-order valence-corrected chi connectivity index (χ2v) is 5.97. The van der Waals surface area contributed by atoms with Gasteiger partial charge >= 0.3 is 7.60 Å². The molecule has 17 heavy (non-hydrogen) atoms. The SMILES string of the molecule is CCOP(=O)(/C=[N+](/[O-])C1CCCCC1)OCC. The summed E-state index contributed by atoms with van der Waals surface area (Å²) in [5.74, 6) is 1.11. The number of hydrogen-bond donors (Lipinski definition) is 0. The Labute approximate surface area is 103 Å². The molecule has 0 atom stereocenters. The summed E-state index contributed by atoms with van der Waals surface area (Å²) >= 11 is 0. The van der Waals surface area contributed by atoms with Gasteiger partial charge in [-0.25, -0.2) is 9.30 Å². The largest absolute Gasteiger partial charge is 0.623 e. The zero-order valence-electron chi connectivity index (χ0n) is 10.6. The molecule has 0 amide bonds. The van der Waals surface area contributed by atoms with Crippen molar-refractivity contribution in [3.8, 4) is 0 Å². The first-order valence-electron chi connectivity index (χ1n) is 6.31. The van der Waals surface area contributed by atoms with Crippen LogP contribution < -0.4 is 0 Å². The summed E-state index contributed by atoms with van der Waals surface area (Å²) in [5, 5.41) is 11.9. The highest BCUT2D eigenvalue weighted by Gasteiger charge is 2.29. The van der Waals surface area contributed by atoms with E-state index in [-0.39, 0.29) is 19.3 Å². The van der Waals surface area contributed by atoms with Gasteiger partial charge in [0.1, 0.15) is 0 Å². The average Bonchev–Trinajstić information content (AvgIpc) is 2.30. The summed E-state index contributed by atoms with van der Waals surface area (Å²) in [6.45, 7) is 4.00. The molecule has 0 bridgehead atoms. The Kier molecular flexibility index (Phi) is 6.17. The summed E-state index contributed by atoms with van der Waals surface area (Å²) in [6, 6.07) is -0.0713. The van der Waals surface area contributed by atoms with Gasteiger partial charge in [-0.15, -0.1) is 0 Å². The lowest BCUT2D eigenvalue weighted by molar-refractivity contribution is -0.499. The lowest BCUT2D eigenvalue weighted by atomic mass is 9.96. The fourth-order valence-electron chi connectivity index (χ4n) is 2.03. The van der Waals surface area contributed by atoms with Gasteiger partial charge in [0.2, 0.25) is 0 Å². The van der Waals surface area contributed by atoms with E-state index in [1.165, 1.54) is 6.42 Å². The van der Waals surface area contributed by atoms with Gasteiger partial charge in [0, 0.05) is 12.8 Å². The molecule has 0 heterocycles. The predicted octanol–water partition coefficient (Wildman–Crippen LogP) is 3.12. The second kappa shape index (κ2) is 7.14. The molecule has 1 rings (SSSR count). The molecule has 5 nitrogen and oxygen atoms in total. The fraction of sp³-hybridized carbons (Fsp3) is 0.909. The molecule has 0 aliphatic heterocycles. The van der Waals surface area contributed by atoms with Crippen molar-refractivity contribution < 1.29 is 18.4 Å². The normalized spacial score (nSPS) is 19.5. The molecule has 100 valence electrons. The smallest absolute Gasteiger partial charge is 0.417 e. The maximum atomic E-state index is 12.1. The Morgan fingerprint density at radius 2 is 1.76 bits per heavy atom. The van der Waals surface area contributed by atoms with Crippen LogP contribution in [0.25, 0.3) is 0 Å². The van der Waals surface area contributed by atoms with Gasteiger partial charge in [-0.05, 0) is 26.7 Å². The molecule has 0 radical (unpaired) electrons. The highest BCUT2D eigenvalue weighted by Crippen LogP contribution is 2.45. The zero-order valence-corrected chi connectivity index (χ0v) is 11.5. The number of hydrogen-bond acceptors (Lipinski definition) is 4. The summed E-state index contributed by atoms with van der Waals surface area (Å²) in [4.78, 5) is 0. The minimum atomic E-state index is -3.35. The van der Waals surface area contributed by atoms with Crippen LogP contribution in [0.4, 0.5) is 0 Å². The third-order valence-corrected chi connectivity index (χ3v) is 4.55. The van der Waals surface area contributed by atoms with Crippen molar-refractivity contribution in [1.29, 1.82) is 0 Å². The number of nitrogens with zero attached hydrogens (tertiary/aromatic N) is 1. The van der Waals surface area contributed by atoms with Gasteiger partial charge in [0.25, 0.3) is 5.96 Å². The van der Waals surface area contributed by atoms with Crippen molar-refractivity contribution in [2.45, 2.75) is 52.0 Å². The van der Waals surface area contributed by atoms with Crippen molar-refractivity contribution in [3.63, 3.8) is 0 Å². The van der Waals surface area contributed by atoms with E-state index >= 15 is 0 Å². The molecule has 1 fully saturated rings. The van der Waals surface area contributed by atoms with E-state index in [0.29, 0.717) is 0 Å². The maximum Gasteiger partial charge on any atom is 0.417 e. The van der Waals surface area contributed by atoms with Crippen molar-refractivity contribution in [3.05, 3.63) is 5.21 Å². The molecule has 0 aromatic carbocycles. The van der Waals surface area contributed by atoms with Gasteiger partial charge in [0.15, 0.2) is 6.04 Å². The van der Waals surface area contributed by atoms with Crippen LogP contribution in [-0.2, 0) is 13.6 Å². The van der Waals surface area contributed by atoms with Gasteiger partial charge in [-0.2, -0.15) is 0 Å². The molecule has 0 N–H and O–H groups in total. The standard InChI is InChI=1S/C11H22NO4P/c1-3-15-17(14,16-4-2)10-12(13)11-8-6-5-7-9-11/h10-11H,3-9H2,1-2H3/b12-10+. The van der Waals surface area contributed by atoms with Crippen molar-refractivity contribution in [2.24, 2.45) is 0 Å². The third-order valence-electron chi connectivity index (χ3n) is 2.81. The molecule has 1 aliphatic rings. The van der Waals surface area contributed by atoms with Gasteiger partial charge in [0.05, 0.1) is 13.2 Å². The topological polar surface area (TPSA) is 61.6 Å². The second-order valence-electron chi connectivity index (χ2n) is 4.14. The molecule has 0 aromatic rings. The first-order chi connectivity index (χ1) is 8.11. The average molecular weight is 263 g/mol. The summed E-state index contributed by atoms with van der Waals surface area (Å²) in [7, 11) is -3.35. The van der Waals surface area contributed by atoms with Crippen LogP contribution >= 0.6 is 7.60 Å². The predicted molar refractivity (Wildman–Crippen MR) is 67.4 cm³/mol. The summed E-state index contributed by atoms with van der Waals surface area (Å²) < 4.78 is 23.0. The van der Waals surface area contributed by atoms with Crippen LogP contribution in [0, 0.1) is 5.21 Å². The van der Waals surface area contributed by atoms with Crippen LogP contribution in [0.5, 0.6) is 0 Å². The minimum Gasteiger partial charge on any atom is -0.623 e. The Bertz CT molecular complexity index is 290. The van der Waals surface area contributed by atoms with E-state index < -0.39 is 7.60 Å². The molecule has 0 aromatic heterocycles. The van der Waals surface area contributed by atoms with E-state index in [9.17, 15) is 9.77 Å². The Hall–Kier alpha value is -0.380. The number of hydroxylamine groups is 1. The highest BCUT2D eigenvalue weighted by molar-refractivity contribution is 7.69. The van der Waals surface area contributed by atoms with E-state index in [4.69, 9.17) is 9.05 Å². The summed E-state index contributed by atoms with van der Waals surface area (Å²) in [5.41, 5.74) is 0. The lowest BCUT2D eigenvalue weighted by Crippen LogP contribution is -2.25. The van der Waals surface area contributed by atoms with Crippen molar-refractivity contribution in [1.82, 2.24) is 0 Å². The van der Waals surface area contributed by atoms with Crippen molar-refractivity contribution in [2.75, 3.05) is 13.2 Å². The Balaban J connectivity index is 2.70. The van der Waals surface area contributed by atoms with Crippen LogP contribution in [0.3, 0.4) is 0 Å². The van der Waals surface area contributed by atoms with Gasteiger partial charge in [-0.1, -0.05) is 6.42 Å². The molecule has 6 heteroatoms. The molecule has 1 aliphatic carbocycles. The zero-order chi connectivity index (χ0) is 12.7. The Morgan fingerprint density at radius 3 is 2.24 bits per heavy atom. The molecular weight excluding hydrogens is 241 g/mol. The van der Waals surface area contributed by atoms with E-state index in [1.54, 1.807) is 13.8 Å². The Morgan fingerprint density at radius 1 is 1.24 bits per heavy atom. The highest BCUT2D eigenvalue weighted by atomic mass is 31.2. The quantitative estimate of drug-likeness (QED) is 0.243. The first-order valence-corrected chi connectivity index (χ1v) is 7.92. The molecule has 0 saturated heterocycles. The van der Waals surface area contributed by atoms with Gasteiger partial charge < -0.3 is 14.3 Å². The van der Waals surface area contributed by atoms with E-state index in [0.717, 1.165) is 36.4 Å². The third kappa shape index (κ3) is 4.78. The lowest BCUT2D eigenvalue weighted by Gasteiger charge is -2.22. The molecule has 0 unspecified atom stereocenters. The minimum absolute atomic E-state index is 0.0713. The van der Waals surface area contributed by atoms with Crippen LogP contribution in [-0.4, -0.2) is 30.0 Å².